The molecule has 4 aromatic rings. The van der Waals surface area contributed by atoms with E-state index in [9.17, 15) is 4.39 Å². The molecule has 2 heterocycles. The molecule has 0 bridgehead atoms. The minimum absolute atomic E-state index is 0.0924. The summed E-state index contributed by atoms with van der Waals surface area (Å²) in [4.78, 5) is 8.40. The first-order valence-corrected chi connectivity index (χ1v) is 8.74. The third kappa shape index (κ3) is 4.46. The van der Waals surface area contributed by atoms with Crippen molar-refractivity contribution in [1.82, 2.24) is 19.8 Å². The maximum Gasteiger partial charge on any atom is 0.264 e. The summed E-state index contributed by atoms with van der Waals surface area (Å²) < 4.78 is 25.1. The molecule has 0 saturated heterocycles. The van der Waals surface area contributed by atoms with Crippen LogP contribution < -0.4 is 10.5 Å². The third-order valence-corrected chi connectivity index (χ3v) is 3.98. The fourth-order valence-corrected chi connectivity index (χ4v) is 2.55. The second-order valence-corrected chi connectivity index (χ2v) is 6.21. The fourth-order valence-electron chi connectivity index (χ4n) is 2.55. The Kier molecular flexibility index (Phi) is 5.02. The highest BCUT2D eigenvalue weighted by Crippen LogP contribution is 2.18. The van der Waals surface area contributed by atoms with Gasteiger partial charge < -0.3 is 15.0 Å². The van der Waals surface area contributed by atoms with E-state index in [2.05, 4.69) is 20.2 Å². The highest BCUT2D eigenvalue weighted by Gasteiger charge is 2.09. The van der Waals surface area contributed by atoms with E-state index >= 15 is 0 Å². The van der Waals surface area contributed by atoms with Crippen molar-refractivity contribution in [3.8, 4) is 17.1 Å². The van der Waals surface area contributed by atoms with E-state index in [1.807, 2.05) is 31.2 Å². The number of aromatic nitrogens is 4. The molecule has 0 spiro atoms. The van der Waals surface area contributed by atoms with Gasteiger partial charge in [0, 0.05) is 5.56 Å². The van der Waals surface area contributed by atoms with Crippen molar-refractivity contribution in [3.05, 3.63) is 77.7 Å². The van der Waals surface area contributed by atoms with E-state index in [0.29, 0.717) is 23.4 Å². The van der Waals surface area contributed by atoms with Crippen LogP contribution in [0.2, 0.25) is 0 Å². The Morgan fingerprint density at radius 1 is 1.14 bits per heavy atom. The van der Waals surface area contributed by atoms with Crippen LogP contribution in [0.3, 0.4) is 0 Å². The molecule has 0 fully saturated rings. The van der Waals surface area contributed by atoms with Gasteiger partial charge in [0.2, 0.25) is 11.8 Å². The van der Waals surface area contributed by atoms with Crippen molar-refractivity contribution in [2.45, 2.75) is 13.5 Å². The molecule has 2 aromatic heterocycles. The number of nitrogens with two attached hydrogens (primary N) is 1. The van der Waals surface area contributed by atoms with Crippen LogP contribution in [0.1, 0.15) is 17.1 Å². The molecule has 0 aliphatic carbocycles. The van der Waals surface area contributed by atoms with Crippen LogP contribution in [0.5, 0.6) is 5.75 Å². The zero-order chi connectivity index (χ0) is 20.2. The highest BCUT2D eigenvalue weighted by atomic mass is 19.1. The lowest BCUT2D eigenvalue weighted by Crippen LogP contribution is -1.97. The fraction of sp³-hybridized carbons (Fsp3) is 0.100. The van der Waals surface area contributed by atoms with Crippen LogP contribution in [0.15, 0.2) is 64.4 Å². The van der Waals surface area contributed by atoms with E-state index < -0.39 is 0 Å². The van der Waals surface area contributed by atoms with Crippen LogP contribution in [0, 0.1) is 12.7 Å². The molecule has 0 aliphatic heterocycles. The first kappa shape index (κ1) is 18.4. The lowest BCUT2D eigenvalue weighted by Gasteiger charge is -2.01. The van der Waals surface area contributed by atoms with Crippen LogP contribution in [-0.4, -0.2) is 26.0 Å². The summed E-state index contributed by atoms with van der Waals surface area (Å²) in [5, 5.41) is 8.24. The van der Waals surface area contributed by atoms with Crippen LogP contribution in [0.4, 0.5) is 10.3 Å². The monoisotopic (exact) mass is 392 g/mol. The maximum atomic E-state index is 12.9. The Hall–Kier alpha value is -4.01. The highest BCUT2D eigenvalue weighted by molar-refractivity contribution is 5.80. The van der Waals surface area contributed by atoms with Crippen molar-refractivity contribution in [2.24, 2.45) is 5.10 Å². The summed E-state index contributed by atoms with van der Waals surface area (Å²) in [5.41, 5.74) is 8.22. The van der Waals surface area contributed by atoms with Crippen molar-refractivity contribution in [2.75, 3.05) is 5.73 Å². The van der Waals surface area contributed by atoms with Crippen molar-refractivity contribution in [3.63, 3.8) is 0 Å². The number of anilines is 1. The molecule has 0 radical (unpaired) electrons. The first-order valence-electron chi connectivity index (χ1n) is 8.74. The number of nitrogen functional groups attached to an aromatic ring is 1. The van der Waals surface area contributed by atoms with Gasteiger partial charge in [-0.15, -0.1) is 0 Å². The lowest BCUT2D eigenvalue weighted by molar-refractivity contribution is 0.242. The summed E-state index contributed by atoms with van der Waals surface area (Å²) >= 11 is 0. The number of nitrogens with zero attached hydrogens (tertiary/aromatic N) is 5. The van der Waals surface area contributed by atoms with Gasteiger partial charge in [-0.05, 0) is 36.8 Å². The SMILES string of the molecule is Cc1cn(N=Cc2ccc(-c3noc(COc4ccc(F)cc4)n3)cc2)c(N)n1. The van der Waals surface area contributed by atoms with Crippen molar-refractivity contribution in [1.29, 1.82) is 0 Å². The molecule has 29 heavy (non-hydrogen) atoms. The van der Waals surface area contributed by atoms with E-state index in [4.69, 9.17) is 15.0 Å². The van der Waals surface area contributed by atoms with Gasteiger partial charge in [-0.2, -0.15) is 10.1 Å². The summed E-state index contributed by atoms with van der Waals surface area (Å²) in [7, 11) is 0. The normalized spacial score (nSPS) is 11.2. The van der Waals surface area contributed by atoms with Crippen LogP contribution in [0.25, 0.3) is 11.4 Å². The van der Waals surface area contributed by atoms with E-state index in [0.717, 1.165) is 16.8 Å². The molecule has 4 rings (SSSR count). The lowest BCUT2D eigenvalue weighted by atomic mass is 10.1. The predicted molar refractivity (Wildman–Crippen MR) is 105 cm³/mol. The summed E-state index contributed by atoms with van der Waals surface area (Å²) in [6, 6.07) is 13.2. The number of aryl methyl sites for hydroxylation is 1. The summed E-state index contributed by atoms with van der Waals surface area (Å²) in [5.74, 6) is 1.29. The zero-order valence-corrected chi connectivity index (χ0v) is 15.5. The Bertz CT molecular complexity index is 1130. The van der Waals surface area contributed by atoms with E-state index in [1.165, 1.54) is 28.9 Å². The van der Waals surface area contributed by atoms with Crippen LogP contribution >= 0.6 is 0 Å². The molecular weight excluding hydrogens is 375 g/mol. The number of imidazole rings is 1. The molecule has 0 aliphatic rings. The average Bonchev–Trinajstić information content (AvgIpc) is 3.32. The second kappa shape index (κ2) is 7.93. The Balaban J connectivity index is 1.40. The number of benzene rings is 2. The number of ether oxygens (including phenoxy) is 1. The Morgan fingerprint density at radius 2 is 1.90 bits per heavy atom. The Morgan fingerprint density at radius 3 is 2.59 bits per heavy atom. The molecule has 9 heteroatoms. The number of rotatable bonds is 6. The molecule has 146 valence electrons. The number of hydrogen-bond acceptors (Lipinski definition) is 7. The van der Waals surface area contributed by atoms with Gasteiger partial charge >= 0.3 is 0 Å². The molecule has 0 unspecified atom stereocenters. The smallest absolute Gasteiger partial charge is 0.264 e. The minimum atomic E-state index is -0.325. The third-order valence-electron chi connectivity index (χ3n) is 3.98. The largest absolute Gasteiger partial charge is 0.484 e. The summed E-state index contributed by atoms with van der Waals surface area (Å²) in [6.45, 7) is 1.94. The zero-order valence-electron chi connectivity index (χ0n) is 15.5. The van der Waals surface area contributed by atoms with Crippen molar-refractivity contribution < 1.29 is 13.7 Å². The average molecular weight is 392 g/mol. The second-order valence-electron chi connectivity index (χ2n) is 6.21. The molecule has 2 N–H and O–H groups in total. The topological polar surface area (TPSA) is 104 Å². The molecule has 8 nitrogen and oxygen atoms in total. The first-order chi connectivity index (χ1) is 14.1. The molecule has 0 saturated carbocycles. The molecule has 0 atom stereocenters. The molecule has 0 amide bonds. The molecular formula is C20H17FN6O2. The van der Waals surface area contributed by atoms with Gasteiger partial charge in [0.15, 0.2) is 6.61 Å². The van der Waals surface area contributed by atoms with Crippen molar-refractivity contribution >= 4 is 12.2 Å². The van der Waals surface area contributed by atoms with E-state index in [-0.39, 0.29) is 12.4 Å². The van der Waals surface area contributed by atoms with Gasteiger partial charge in [0.05, 0.1) is 18.1 Å². The van der Waals surface area contributed by atoms with Crippen LogP contribution in [-0.2, 0) is 6.61 Å². The van der Waals surface area contributed by atoms with Gasteiger partial charge in [0.1, 0.15) is 11.6 Å². The van der Waals surface area contributed by atoms with Gasteiger partial charge in [-0.1, -0.05) is 29.4 Å². The quantitative estimate of drug-likeness (QED) is 0.504. The maximum absolute atomic E-state index is 12.9. The number of halogens is 1. The van der Waals surface area contributed by atoms with Gasteiger partial charge in [0.25, 0.3) is 5.89 Å². The van der Waals surface area contributed by atoms with E-state index in [1.54, 1.807) is 12.4 Å². The Labute approximate surface area is 165 Å². The summed E-state index contributed by atoms with van der Waals surface area (Å²) in [6.07, 6.45) is 3.43. The standard InChI is InChI=1S/C20H17FN6O2/c1-13-11-27(20(22)24-13)23-10-14-2-4-15(5-3-14)19-25-18(29-26-19)12-28-17-8-6-16(21)7-9-17/h2-11H,12H2,1H3,(H2,22,24). The molecule has 2 aromatic carbocycles. The van der Waals surface area contributed by atoms with Gasteiger partial charge in [-0.25, -0.2) is 14.1 Å². The van der Waals surface area contributed by atoms with Gasteiger partial charge in [-0.3, -0.25) is 0 Å². The number of hydrogen-bond donors (Lipinski definition) is 1. The minimum Gasteiger partial charge on any atom is -0.484 e. The predicted octanol–water partition coefficient (Wildman–Crippen LogP) is 3.42.